The molecule has 1 atom stereocenters. The molecule has 0 saturated heterocycles. The number of halogens is 6. The third-order valence-electron chi connectivity index (χ3n) is 4.80. The van der Waals surface area contributed by atoms with Gasteiger partial charge in [-0.1, -0.05) is 22.5 Å². The predicted octanol–water partition coefficient (Wildman–Crippen LogP) is 3.90. The molecule has 0 fully saturated rings. The SMILES string of the molecule is O=C(NCCCN(C(F)(F)F)S(=O)(=O)O)c1cccc2nc(S(=O)Cc3ccc(C(F)(F)F)cc3)oc12. The van der Waals surface area contributed by atoms with Crippen molar-refractivity contribution in [2.45, 2.75) is 29.9 Å². The highest BCUT2D eigenvalue weighted by Gasteiger charge is 2.44. The molecule has 0 aliphatic heterocycles. The molecule has 0 saturated carbocycles. The Bertz CT molecular complexity index is 1400. The molecular weight excluding hydrogens is 556 g/mol. The first-order chi connectivity index (χ1) is 17.1. The number of nitrogens with one attached hydrogen (secondary N) is 1. The van der Waals surface area contributed by atoms with Crippen LogP contribution in [0.25, 0.3) is 11.1 Å². The van der Waals surface area contributed by atoms with E-state index < -0.39 is 68.9 Å². The van der Waals surface area contributed by atoms with Gasteiger partial charge in [0.05, 0.1) is 16.9 Å². The smallest absolute Gasteiger partial charge is 0.429 e. The molecule has 0 aliphatic rings. The minimum absolute atomic E-state index is 0.0920. The number of fused-ring (bicyclic) bond motifs is 1. The van der Waals surface area contributed by atoms with Crippen LogP contribution in [0.4, 0.5) is 26.3 Å². The van der Waals surface area contributed by atoms with E-state index in [1.54, 1.807) is 0 Å². The number of para-hydroxylation sites is 1. The molecule has 3 rings (SSSR count). The first-order valence-electron chi connectivity index (χ1n) is 10.1. The van der Waals surface area contributed by atoms with E-state index >= 15 is 0 Å². The maximum absolute atomic E-state index is 12.7. The van der Waals surface area contributed by atoms with E-state index in [0.29, 0.717) is 5.56 Å². The van der Waals surface area contributed by atoms with Crippen molar-refractivity contribution >= 4 is 38.1 Å². The minimum Gasteiger partial charge on any atom is -0.429 e. The number of rotatable bonds is 9. The van der Waals surface area contributed by atoms with Gasteiger partial charge in [-0.25, -0.2) is 9.19 Å². The fourth-order valence-corrected chi connectivity index (χ4v) is 4.72. The number of hydrogen-bond acceptors (Lipinski definition) is 6. The summed E-state index contributed by atoms with van der Waals surface area (Å²) in [6, 6.07) is 8.13. The zero-order valence-electron chi connectivity index (χ0n) is 18.3. The Balaban J connectivity index is 1.67. The van der Waals surface area contributed by atoms with E-state index in [9.17, 15) is 43.8 Å². The zero-order valence-corrected chi connectivity index (χ0v) is 20.0. The fraction of sp³-hybridized carbons (Fsp3) is 0.300. The topological polar surface area (TPSA) is 130 Å². The van der Waals surface area contributed by atoms with Crippen LogP contribution in [0.5, 0.6) is 0 Å². The summed E-state index contributed by atoms with van der Waals surface area (Å²) in [5.74, 6) is -1.04. The van der Waals surface area contributed by atoms with Crippen LogP contribution < -0.4 is 5.32 Å². The molecule has 17 heteroatoms. The third kappa shape index (κ3) is 7.27. The van der Waals surface area contributed by atoms with Crippen LogP contribution in [0.3, 0.4) is 0 Å². The predicted molar refractivity (Wildman–Crippen MR) is 117 cm³/mol. The van der Waals surface area contributed by atoms with Gasteiger partial charge < -0.3 is 9.73 Å². The normalized spacial score (nSPS) is 13.7. The van der Waals surface area contributed by atoms with Gasteiger partial charge in [0.2, 0.25) is 0 Å². The van der Waals surface area contributed by atoms with Gasteiger partial charge in [0.1, 0.15) is 16.3 Å². The number of amides is 1. The summed E-state index contributed by atoms with van der Waals surface area (Å²) in [6.07, 6.45) is -10.4. The van der Waals surface area contributed by atoms with Crippen molar-refractivity contribution in [3.8, 4) is 0 Å². The molecule has 0 aliphatic carbocycles. The molecule has 202 valence electrons. The molecule has 1 aromatic heterocycles. The molecule has 1 heterocycles. The van der Waals surface area contributed by atoms with Gasteiger partial charge in [-0.15, -0.1) is 0 Å². The summed E-state index contributed by atoms with van der Waals surface area (Å²) < 4.78 is 124. The van der Waals surface area contributed by atoms with E-state index in [4.69, 9.17) is 8.97 Å². The summed E-state index contributed by atoms with van der Waals surface area (Å²) in [6.45, 7) is -1.56. The van der Waals surface area contributed by atoms with Gasteiger partial charge in [0.15, 0.2) is 5.58 Å². The Labute approximate surface area is 207 Å². The van der Waals surface area contributed by atoms with Crippen LogP contribution in [0.1, 0.15) is 27.9 Å². The number of carbonyl (C=O) groups excluding carboxylic acids is 1. The molecule has 0 spiro atoms. The number of hydrogen-bond donors (Lipinski definition) is 2. The fourth-order valence-electron chi connectivity index (χ4n) is 3.10. The standard InChI is InChI=1S/C20H17F6N3O6S2/c21-19(22,23)13-7-5-12(6-8-13)11-36(31)18-28-15-4-1-3-14(16(15)35-18)17(30)27-9-2-10-29(20(24,25)26)37(32,33)34/h1,3-8H,2,9-11H2,(H,27,30)(H,32,33,34). The lowest BCUT2D eigenvalue weighted by Crippen LogP contribution is -2.43. The first kappa shape index (κ1) is 28.5. The third-order valence-corrected chi connectivity index (χ3v) is 6.90. The van der Waals surface area contributed by atoms with Crippen molar-refractivity contribution < 1.29 is 52.7 Å². The van der Waals surface area contributed by atoms with E-state index in [2.05, 4.69) is 10.3 Å². The average molecular weight is 573 g/mol. The number of nitrogens with zero attached hydrogens (tertiary/aromatic N) is 2. The van der Waals surface area contributed by atoms with Crippen LogP contribution in [0.2, 0.25) is 0 Å². The van der Waals surface area contributed by atoms with Crippen molar-refractivity contribution in [3.63, 3.8) is 0 Å². The van der Waals surface area contributed by atoms with E-state index in [-0.39, 0.29) is 27.6 Å². The van der Waals surface area contributed by atoms with Gasteiger partial charge in [0.25, 0.3) is 11.1 Å². The largest absolute Gasteiger partial charge is 0.475 e. The van der Waals surface area contributed by atoms with Crippen molar-refractivity contribution in [1.82, 2.24) is 14.6 Å². The average Bonchev–Trinajstić information content (AvgIpc) is 3.21. The van der Waals surface area contributed by atoms with E-state index in [1.807, 2.05) is 0 Å². The van der Waals surface area contributed by atoms with Crippen molar-refractivity contribution in [2.75, 3.05) is 13.1 Å². The first-order valence-corrected chi connectivity index (χ1v) is 12.8. The number of carbonyl (C=O) groups is 1. The summed E-state index contributed by atoms with van der Waals surface area (Å²) >= 11 is 0. The minimum atomic E-state index is -5.55. The summed E-state index contributed by atoms with van der Waals surface area (Å²) in [5, 5.41) is 1.98. The van der Waals surface area contributed by atoms with Gasteiger partial charge in [-0.2, -0.15) is 34.8 Å². The molecule has 37 heavy (non-hydrogen) atoms. The number of aromatic nitrogens is 1. The Morgan fingerprint density at radius 2 is 1.73 bits per heavy atom. The highest BCUT2D eigenvalue weighted by atomic mass is 32.2. The second-order valence-corrected chi connectivity index (χ2v) is 10.1. The Morgan fingerprint density at radius 1 is 1.08 bits per heavy atom. The lowest BCUT2D eigenvalue weighted by molar-refractivity contribution is -0.212. The van der Waals surface area contributed by atoms with E-state index in [1.165, 1.54) is 18.2 Å². The van der Waals surface area contributed by atoms with Crippen LogP contribution in [-0.2, 0) is 33.0 Å². The molecule has 1 unspecified atom stereocenters. The summed E-state index contributed by atoms with van der Waals surface area (Å²) in [4.78, 5) is 16.5. The van der Waals surface area contributed by atoms with Gasteiger partial charge in [-0.3, -0.25) is 9.35 Å². The number of benzene rings is 2. The van der Waals surface area contributed by atoms with Crippen molar-refractivity contribution in [2.24, 2.45) is 0 Å². The second-order valence-electron chi connectivity index (χ2n) is 7.45. The quantitative estimate of drug-likeness (QED) is 0.172. The maximum Gasteiger partial charge on any atom is 0.475 e. The molecule has 0 radical (unpaired) electrons. The van der Waals surface area contributed by atoms with Gasteiger partial charge in [0, 0.05) is 13.1 Å². The second kappa shape index (κ2) is 10.8. The Hall–Kier alpha value is -3.02. The van der Waals surface area contributed by atoms with Crippen molar-refractivity contribution in [1.29, 1.82) is 0 Å². The lowest BCUT2D eigenvalue weighted by atomic mass is 10.1. The molecule has 3 aromatic rings. The molecule has 2 aromatic carbocycles. The van der Waals surface area contributed by atoms with Gasteiger partial charge in [-0.05, 0) is 36.2 Å². The van der Waals surface area contributed by atoms with E-state index in [0.717, 1.165) is 24.3 Å². The maximum atomic E-state index is 12.7. The van der Waals surface area contributed by atoms with Crippen LogP contribution in [0, 0.1) is 0 Å². The number of oxazole rings is 1. The zero-order chi connectivity index (χ0) is 27.6. The summed E-state index contributed by atoms with van der Waals surface area (Å²) in [7, 11) is -7.48. The molecular formula is C20H17F6N3O6S2. The summed E-state index contributed by atoms with van der Waals surface area (Å²) in [5.41, 5.74) is -0.637. The van der Waals surface area contributed by atoms with Crippen molar-refractivity contribution in [3.05, 3.63) is 59.2 Å². The van der Waals surface area contributed by atoms with Crippen LogP contribution >= 0.6 is 0 Å². The highest BCUT2D eigenvalue weighted by molar-refractivity contribution is 7.84. The molecule has 2 N–H and O–H groups in total. The Morgan fingerprint density at radius 3 is 2.30 bits per heavy atom. The Kier molecular flexibility index (Phi) is 8.31. The monoisotopic (exact) mass is 573 g/mol. The number of alkyl halides is 6. The highest BCUT2D eigenvalue weighted by Crippen LogP contribution is 2.30. The lowest BCUT2D eigenvalue weighted by Gasteiger charge is -2.20. The molecule has 0 bridgehead atoms. The van der Waals surface area contributed by atoms with Crippen LogP contribution in [-0.4, -0.2) is 51.8 Å². The van der Waals surface area contributed by atoms with Crippen LogP contribution in [0.15, 0.2) is 52.1 Å². The molecule has 1 amide bonds. The van der Waals surface area contributed by atoms with Gasteiger partial charge >= 0.3 is 22.8 Å². The molecule has 9 nitrogen and oxygen atoms in total.